The van der Waals surface area contributed by atoms with E-state index in [1.165, 1.54) is 11.3 Å². The lowest BCUT2D eigenvalue weighted by atomic mass is 9.86. The number of hydrogen-bond donors (Lipinski definition) is 1. The lowest BCUT2D eigenvalue weighted by molar-refractivity contribution is -0.141. The van der Waals surface area contributed by atoms with Crippen molar-refractivity contribution in [1.29, 1.82) is 0 Å². The number of esters is 1. The van der Waals surface area contributed by atoms with Gasteiger partial charge in [-0.3, -0.25) is 9.59 Å². The maximum absolute atomic E-state index is 13.1. The fourth-order valence-corrected chi connectivity index (χ4v) is 5.95. The molecule has 1 aliphatic carbocycles. The molecule has 1 aliphatic rings. The zero-order valence-corrected chi connectivity index (χ0v) is 26.0. The predicted octanol–water partition coefficient (Wildman–Crippen LogP) is 7.18. The summed E-state index contributed by atoms with van der Waals surface area (Å²) in [5, 5.41) is 5.62. The highest BCUT2D eigenvalue weighted by Crippen LogP contribution is 2.27. The van der Waals surface area contributed by atoms with Crippen LogP contribution in [0.5, 0.6) is 5.75 Å². The van der Waals surface area contributed by atoms with E-state index in [2.05, 4.69) is 5.32 Å². The topological polar surface area (TPSA) is 94.6 Å². The number of amides is 1. The van der Waals surface area contributed by atoms with Gasteiger partial charge in [-0.25, -0.2) is 9.78 Å². The van der Waals surface area contributed by atoms with E-state index in [0.717, 1.165) is 54.6 Å². The average Bonchev–Trinajstić information content (AvgIpc) is 3.49. The minimum absolute atomic E-state index is 0.206. The third-order valence-corrected chi connectivity index (χ3v) is 8.35. The highest BCUT2D eigenvalue weighted by Gasteiger charge is 2.29. The molecule has 0 spiro atoms. The molecule has 0 unspecified atom stereocenters. The van der Waals surface area contributed by atoms with Gasteiger partial charge in [-0.05, 0) is 81.0 Å². The quantitative estimate of drug-likeness (QED) is 0.0966. The molecule has 0 bridgehead atoms. The van der Waals surface area contributed by atoms with E-state index in [-0.39, 0.29) is 17.7 Å². The monoisotopic (exact) mass is 600 g/mol. The molecule has 3 aromatic rings. The van der Waals surface area contributed by atoms with Gasteiger partial charge in [0.15, 0.2) is 0 Å². The first-order valence-electron chi connectivity index (χ1n) is 14.9. The molecule has 226 valence electrons. The number of ether oxygens (including phenoxy) is 2. The van der Waals surface area contributed by atoms with Crippen LogP contribution in [0.1, 0.15) is 80.7 Å². The van der Waals surface area contributed by atoms with Gasteiger partial charge in [-0.15, -0.1) is 11.3 Å². The number of hydrogen-bond acceptors (Lipinski definition) is 7. The predicted molar refractivity (Wildman–Crippen MR) is 170 cm³/mol. The number of Topliss-reactive ketones (excluding diaryl/α,β-unsaturated/α-hetero) is 1. The van der Waals surface area contributed by atoms with Crippen molar-refractivity contribution >= 4 is 35.1 Å². The summed E-state index contributed by atoms with van der Waals surface area (Å²) >= 11 is 1.43. The molecule has 0 radical (unpaired) electrons. The van der Waals surface area contributed by atoms with E-state index >= 15 is 0 Å². The minimum atomic E-state index is -0.545. The lowest BCUT2D eigenvalue weighted by Gasteiger charge is -2.22. The first-order valence-corrected chi connectivity index (χ1v) is 15.8. The summed E-state index contributed by atoms with van der Waals surface area (Å²) in [5.74, 6) is -0.681. The van der Waals surface area contributed by atoms with Crippen LogP contribution in [0.3, 0.4) is 0 Å². The lowest BCUT2D eigenvalue weighted by Crippen LogP contribution is -2.39. The fourth-order valence-electron chi connectivity index (χ4n) is 5.13. The Bertz CT molecular complexity index is 1440. The second-order valence-electron chi connectivity index (χ2n) is 10.9. The molecule has 1 N–H and O–H groups in total. The summed E-state index contributed by atoms with van der Waals surface area (Å²) in [5.41, 5.74) is 4.15. The summed E-state index contributed by atoms with van der Waals surface area (Å²) in [6.07, 6.45) is 8.74. The van der Waals surface area contributed by atoms with Gasteiger partial charge in [-0.2, -0.15) is 0 Å². The van der Waals surface area contributed by atoms with E-state index < -0.39 is 11.9 Å². The summed E-state index contributed by atoms with van der Waals surface area (Å²) in [4.78, 5) is 42.9. The highest BCUT2D eigenvalue weighted by atomic mass is 32.1. The Balaban J connectivity index is 1.49. The summed E-state index contributed by atoms with van der Waals surface area (Å²) in [6, 6.07) is 17.3. The number of thiazole rings is 1. The first kappa shape index (κ1) is 31.9. The SMILES string of the molecule is CCOC(=O)C(C)=CC(C)=Cc1csc([C@H](Cc2ccc(OCc3ccccc3)cc2)NC(=O)C(=O)C2CCCCC2)n1. The Labute approximate surface area is 258 Å². The van der Waals surface area contributed by atoms with Crippen molar-refractivity contribution in [2.75, 3.05) is 6.61 Å². The van der Waals surface area contributed by atoms with Crippen molar-refractivity contribution in [3.8, 4) is 5.75 Å². The van der Waals surface area contributed by atoms with Gasteiger partial charge in [0.05, 0.1) is 18.3 Å². The number of allylic oxidation sites excluding steroid dienone is 2. The van der Waals surface area contributed by atoms with Crippen molar-refractivity contribution in [2.45, 2.75) is 71.9 Å². The molecule has 1 atom stereocenters. The maximum atomic E-state index is 13.1. The zero-order valence-electron chi connectivity index (χ0n) is 25.1. The summed E-state index contributed by atoms with van der Waals surface area (Å²) < 4.78 is 11.0. The smallest absolute Gasteiger partial charge is 0.333 e. The molecule has 1 heterocycles. The van der Waals surface area contributed by atoms with Gasteiger partial charge in [0.1, 0.15) is 17.4 Å². The molecule has 0 saturated heterocycles. The standard InChI is InChI=1S/C35H40N2O5S/c1-4-41-35(40)25(3)19-24(2)20-29-23-43-34(36-29)31(37-33(39)32(38)28-13-9-6-10-14-28)21-26-15-17-30(18-16-26)42-22-27-11-7-5-8-12-27/h5,7-8,11-12,15-20,23,28,31H,4,6,9-10,13-14,21-22H2,1-3H3,(H,37,39)/t31-/m0/s1. The van der Waals surface area contributed by atoms with Crippen LogP contribution in [0.25, 0.3) is 6.08 Å². The van der Waals surface area contributed by atoms with E-state index in [0.29, 0.717) is 35.9 Å². The molecule has 7 nitrogen and oxygen atoms in total. The van der Waals surface area contributed by atoms with Crippen molar-refractivity contribution in [1.82, 2.24) is 10.3 Å². The Hall–Kier alpha value is -4.04. The number of carbonyl (C=O) groups is 3. The Kier molecular flexibility index (Phi) is 11.9. The largest absolute Gasteiger partial charge is 0.489 e. The van der Waals surface area contributed by atoms with Gasteiger partial charge in [0, 0.05) is 16.9 Å². The van der Waals surface area contributed by atoms with Crippen LogP contribution in [0.4, 0.5) is 0 Å². The maximum Gasteiger partial charge on any atom is 0.333 e. The number of rotatable bonds is 13. The summed E-state index contributed by atoms with van der Waals surface area (Å²) in [6.45, 7) is 6.18. The molecule has 1 aromatic heterocycles. The van der Waals surface area contributed by atoms with Crippen molar-refractivity contribution in [3.05, 3.63) is 99.0 Å². The molecule has 43 heavy (non-hydrogen) atoms. The Morgan fingerprint density at radius 2 is 1.72 bits per heavy atom. The molecular formula is C35H40N2O5S. The second-order valence-corrected chi connectivity index (χ2v) is 11.8. The minimum Gasteiger partial charge on any atom is -0.489 e. The zero-order chi connectivity index (χ0) is 30.6. The fraction of sp³-hybridized carbons (Fsp3) is 0.371. The number of benzene rings is 2. The molecule has 0 aliphatic heterocycles. The normalized spacial score (nSPS) is 15.0. The van der Waals surface area contributed by atoms with Gasteiger partial charge < -0.3 is 14.8 Å². The first-order chi connectivity index (χ1) is 20.8. The average molecular weight is 601 g/mol. The Morgan fingerprint density at radius 3 is 2.42 bits per heavy atom. The molecule has 1 saturated carbocycles. The van der Waals surface area contributed by atoms with Gasteiger partial charge >= 0.3 is 5.97 Å². The molecule has 8 heteroatoms. The van der Waals surface area contributed by atoms with Crippen LogP contribution in [0.15, 0.2) is 77.2 Å². The third kappa shape index (κ3) is 9.75. The molecule has 2 aromatic carbocycles. The Morgan fingerprint density at radius 1 is 1.00 bits per heavy atom. The van der Waals surface area contributed by atoms with Crippen LogP contribution in [-0.4, -0.2) is 29.3 Å². The molecule has 1 fully saturated rings. The van der Waals surface area contributed by atoms with Gasteiger partial charge in [0.25, 0.3) is 5.91 Å². The van der Waals surface area contributed by atoms with E-state index in [4.69, 9.17) is 14.5 Å². The number of carbonyl (C=O) groups excluding carboxylic acids is 3. The van der Waals surface area contributed by atoms with Crippen LogP contribution >= 0.6 is 11.3 Å². The van der Waals surface area contributed by atoms with Crippen LogP contribution in [-0.2, 0) is 32.1 Å². The number of nitrogens with one attached hydrogen (secondary N) is 1. The molecule has 4 rings (SSSR count). The van der Waals surface area contributed by atoms with Crippen LogP contribution in [0, 0.1) is 5.92 Å². The van der Waals surface area contributed by atoms with E-state index in [1.807, 2.05) is 73.0 Å². The van der Waals surface area contributed by atoms with E-state index in [1.54, 1.807) is 19.9 Å². The van der Waals surface area contributed by atoms with Crippen molar-refractivity contribution < 1.29 is 23.9 Å². The number of nitrogens with zero attached hydrogens (tertiary/aromatic N) is 1. The number of aromatic nitrogens is 1. The third-order valence-electron chi connectivity index (χ3n) is 7.37. The molecular weight excluding hydrogens is 560 g/mol. The highest BCUT2D eigenvalue weighted by molar-refractivity contribution is 7.09. The number of ketones is 1. The van der Waals surface area contributed by atoms with E-state index in [9.17, 15) is 14.4 Å². The molecule has 1 amide bonds. The van der Waals surface area contributed by atoms with Crippen LogP contribution in [0.2, 0.25) is 0 Å². The van der Waals surface area contributed by atoms with Crippen molar-refractivity contribution in [2.24, 2.45) is 5.92 Å². The van der Waals surface area contributed by atoms with Crippen molar-refractivity contribution in [3.63, 3.8) is 0 Å². The second kappa shape index (κ2) is 16.0. The van der Waals surface area contributed by atoms with Gasteiger partial charge in [0.2, 0.25) is 5.78 Å². The van der Waals surface area contributed by atoms with Gasteiger partial charge in [-0.1, -0.05) is 61.7 Å². The summed E-state index contributed by atoms with van der Waals surface area (Å²) in [7, 11) is 0. The van der Waals surface area contributed by atoms with Crippen LogP contribution < -0.4 is 10.1 Å².